The van der Waals surface area contributed by atoms with Gasteiger partial charge in [-0.3, -0.25) is 0 Å². The summed E-state index contributed by atoms with van der Waals surface area (Å²) in [6.07, 6.45) is 8.71. The lowest BCUT2D eigenvalue weighted by molar-refractivity contribution is 0.287. The average Bonchev–Trinajstić information content (AvgIpc) is 2.97. The van der Waals surface area contributed by atoms with Crippen LogP contribution in [0.5, 0.6) is 0 Å². The minimum Gasteiger partial charge on any atom is -0.314 e. The lowest BCUT2D eigenvalue weighted by Gasteiger charge is -2.28. The number of rotatable bonds is 4. The predicted octanol–water partition coefficient (Wildman–Crippen LogP) is 3.20. The molecule has 2 fully saturated rings. The molecular weight excluding hydrogens is 170 g/mol. The van der Waals surface area contributed by atoms with Crippen LogP contribution in [0.2, 0.25) is 0 Å². The van der Waals surface area contributed by atoms with Crippen LogP contribution >= 0.6 is 0 Å². The molecule has 2 rings (SSSR count). The molecule has 2 aliphatic carbocycles. The van der Waals surface area contributed by atoms with Crippen LogP contribution in [0.4, 0.5) is 0 Å². The van der Waals surface area contributed by atoms with Gasteiger partial charge >= 0.3 is 0 Å². The largest absolute Gasteiger partial charge is 0.314 e. The number of nitrogens with one attached hydrogen (secondary N) is 1. The molecule has 2 aliphatic rings. The van der Waals surface area contributed by atoms with Crippen molar-refractivity contribution in [3.05, 3.63) is 0 Å². The summed E-state index contributed by atoms with van der Waals surface area (Å²) in [6.45, 7) is 6.08. The van der Waals surface area contributed by atoms with Crippen LogP contribution in [0.15, 0.2) is 0 Å². The van der Waals surface area contributed by atoms with Gasteiger partial charge in [0, 0.05) is 6.04 Å². The highest BCUT2D eigenvalue weighted by atomic mass is 14.9. The van der Waals surface area contributed by atoms with E-state index in [2.05, 4.69) is 19.2 Å². The summed E-state index contributed by atoms with van der Waals surface area (Å²) in [5, 5.41) is 3.77. The first-order valence-corrected chi connectivity index (χ1v) is 6.49. The fraction of sp³-hybridized carbons (Fsp3) is 1.00. The Morgan fingerprint density at radius 2 is 2.00 bits per heavy atom. The van der Waals surface area contributed by atoms with Crippen LogP contribution in [0.25, 0.3) is 0 Å². The minimum absolute atomic E-state index is 0.833. The molecule has 82 valence electrons. The Kier molecular flexibility index (Phi) is 3.48. The molecule has 14 heavy (non-hydrogen) atoms. The molecule has 1 N–H and O–H groups in total. The maximum Gasteiger partial charge on any atom is 0.00697 e. The Hall–Kier alpha value is -0.0400. The Morgan fingerprint density at radius 3 is 2.64 bits per heavy atom. The second-order valence-electron chi connectivity index (χ2n) is 5.69. The molecule has 0 heterocycles. The third-order valence-electron chi connectivity index (χ3n) is 4.09. The monoisotopic (exact) mass is 195 g/mol. The quantitative estimate of drug-likeness (QED) is 0.726. The average molecular weight is 195 g/mol. The van der Waals surface area contributed by atoms with Gasteiger partial charge in [0.1, 0.15) is 0 Å². The van der Waals surface area contributed by atoms with Gasteiger partial charge in [-0.25, -0.2) is 0 Å². The van der Waals surface area contributed by atoms with E-state index < -0.39 is 0 Å². The number of hydrogen-bond donors (Lipinski definition) is 1. The lowest BCUT2D eigenvalue weighted by Crippen LogP contribution is -2.36. The van der Waals surface area contributed by atoms with Crippen LogP contribution in [-0.4, -0.2) is 12.6 Å². The van der Waals surface area contributed by atoms with Crippen LogP contribution in [-0.2, 0) is 0 Å². The zero-order valence-electron chi connectivity index (χ0n) is 9.76. The zero-order chi connectivity index (χ0) is 9.97. The van der Waals surface area contributed by atoms with Crippen LogP contribution in [0.1, 0.15) is 52.4 Å². The summed E-state index contributed by atoms with van der Waals surface area (Å²) in [5.41, 5.74) is 0. The van der Waals surface area contributed by atoms with Gasteiger partial charge in [-0.2, -0.15) is 0 Å². The van der Waals surface area contributed by atoms with Crippen molar-refractivity contribution < 1.29 is 0 Å². The summed E-state index contributed by atoms with van der Waals surface area (Å²) in [5.74, 6) is 2.94. The molecule has 0 aromatic heterocycles. The van der Waals surface area contributed by atoms with E-state index in [9.17, 15) is 0 Å². The van der Waals surface area contributed by atoms with E-state index in [1.807, 2.05) is 0 Å². The first-order chi connectivity index (χ1) is 6.75. The Labute approximate surface area is 88.7 Å². The molecule has 3 atom stereocenters. The Bertz CT molecular complexity index is 174. The molecule has 0 amide bonds. The molecule has 2 saturated carbocycles. The van der Waals surface area contributed by atoms with Crippen molar-refractivity contribution in [1.29, 1.82) is 0 Å². The zero-order valence-corrected chi connectivity index (χ0v) is 9.76. The van der Waals surface area contributed by atoms with E-state index in [-0.39, 0.29) is 0 Å². The molecular formula is C13H25N. The molecule has 0 aliphatic heterocycles. The predicted molar refractivity (Wildman–Crippen MR) is 61.3 cm³/mol. The second kappa shape index (κ2) is 4.65. The summed E-state index contributed by atoms with van der Waals surface area (Å²) < 4.78 is 0. The highest BCUT2D eigenvalue weighted by Crippen LogP contribution is 2.36. The van der Waals surface area contributed by atoms with E-state index in [1.54, 1.807) is 0 Å². The molecule has 0 bridgehead atoms. The van der Waals surface area contributed by atoms with E-state index in [0.717, 1.165) is 23.8 Å². The van der Waals surface area contributed by atoms with Gasteiger partial charge in [0.15, 0.2) is 0 Å². The summed E-state index contributed by atoms with van der Waals surface area (Å²) >= 11 is 0. The SMILES string of the molecule is CC1CCCC(NCC(C)C2CC2)C1. The van der Waals surface area contributed by atoms with Gasteiger partial charge < -0.3 is 5.32 Å². The van der Waals surface area contributed by atoms with Crippen molar-refractivity contribution in [2.24, 2.45) is 17.8 Å². The topological polar surface area (TPSA) is 12.0 Å². The number of hydrogen-bond acceptors (Lipinski definition) is 1. The first kappa shape index (κ1) is 10.5. The van der Waals surface area contributed by atoms with Gasteiger partial charge in [-0.1, -0.05) is 26.7 Å². The Morgan fingerprint density at radius 1 is 1.21 bits per heavy atom. The summed E-state index contributed by atoms with van der Waals surface area (Å²) in [4.78, 5) is 0. The Balaban J connectivity index is 1.63. The summed E-state index contributed by atoms with van der Waals surface area (Å²) in [6, 6.07) is 0.833. The van der Waals surface area contributed by atoms with Crippen molar-refractivity contribution in [3.8, 4) is 0 Å². The lowest BCUT2D eigenvalue weighted by atomic mass is 9.87. The molecule has 0 radical (unpaired) electrons. The molecule has 0 aromatic rings. The van der Waals surface area contributed by atoms with Crippen molar-refractivity contribution in [1.82, 2.24) is 5.32 Å². The van der Waals surface area contributed by atoms with Gasteiger partial charge in [-0.05, 0) is 50.0 Å². The van der Waals surface area contributed by atoms with Gasteiger partial charge in [-0.15, -0.1) is 0 Å². The minimum atomic E-state index is 0.833. The van der Waals surface area contributed by atoms with Crippen molar-refractivity contribution in [2.75, 3.05) is 6.54 Å². The molecule has 0 saturated heterocycles. The first-order valence-electron chi connectivity index (χ1n) is 6.49. The highest BCUT2D eigenvalue weighted by molar-refractivity contribution is 4.82. The third-order valence-corrected chi connectivity index (χ3v) is 4.09. The molecule has 0 spiro atoms. The van der Waals surface area contributed by atoms with Crippen molar-refractivity contribution >= 4 is 0 Å². The molecule has 1 heteroatoms. The van der Waals surface area contributed by atoms with Crippen molar-refractivity contribution in [3.63, 3.8) is 0 Å². The third kappa shape index (κ3) is 2.98. The summed E-state index contributed by atoms with van der Waals surface area (Å²) in [7, 11) is 0. The van der Waals surface area contributed by atoms with Gasteiger partial charge in [0.05, 0.1) is 0 Å². The van der Waals surface area contributed by atoms with Crippen LogP contribution in [0, 0.1) is 17.8 Å². The van der Waals surface area contributed by atoms with E-state index in [0.29, 0.717) is 0 Å². The van der Waals surface area contributed by atoms with Crippen LogP contribution < -0.4 is 5.32 Å². The van der Waals surface area contributed by atoms with Gasteiger partial charge in [0.25, 0.3) is 0 Å². The smallest absolute Gasteiger partial charge is 0.00697 e. The second-order valence-corrected chi connectivity index (χ2v) is 5.69. The maximum absolute atomic E-state index is 3.77. The van der Waals surface area contributed by atoms with Gasteiger partial charge in [0.2, 0.25) is 0 Å². The maximum atomic E-state index is 3.77. The molecule has 1 nitrogen and oxygen atoms in total. The van der Waals surface area contributed by atoms with E-state index in [4.69, 9.17) is 0 Å². The fourth-order valence-electron chi connectivity index (χ4n) is 2.80. The standard InChI is InChI=1S/C13H25N/c1-10-4-3-5-13(8-10)14-9-11(2)12-6-7-12/h10-14H,3-9H2,1-2H3. The van der Waals surface area contributed by atoms with Crippen molar-refractivity contribution in [2.45, 2.75) is 58.4 Å². The van der Waals surface area contributed by atoms with Crippen LogP contribution in [0.3, 0.4) is 0 Å². The fourth-order valence-corrected chi connectivity index (χ4v) is 2.80. The normalized spacial score (nSPS) is 35.6. The molecule has 0 aromatic carbocycles. The molecule has 3 unspecified atom stereocenters. The van der Waals surface area contributed by atoms with E-state index >= 15 is 0 Å². The highest BCUT2D eigenvalue weighted by Gasteiger charge is 2.28. The van der Waals surface area contributed by atoms with E-state index in [1.165, 1.54) is 45.1 Å².